The second-order valence-electron chi connectivity index (χ2n) is 13.4. The summed E-state index contributed by atoms with van der Waals surface area (Å²) in [7, 11) is 0. The van der Waals surface area contributed by atoms with Crippen molar-refractivity contribution in [1.29, 1.82) is 0 Å². The highest BCUT2D eigenvalue weighted by atomic mass is 16.5. The molecular formula is C52H45N4O5+. The minimum absolute atomic E-state index is 0.180. The van der Waals surface area contributed by atoms with Crippen LogP contribution < -0.4 is 20.9 Å². The first kappa shape index (κ1) is 42.3. The van der Waals surface area contributed by atoms with E-state index in [0.29, 0.717) is 29.2 Å². The molecule has 0 spiro atoms. The second kappa shape index (κ2) is 22.6. The van der Waals surface area contributed by atoms with E-state index in [-0.39, 0.29) is 5.91 Å². The second-order valence-corrected chi connectivity index (χ2v) is 13.4. The largest absolute Gasteiger partial charge is 0.473 e. The van der Waals surface area contributed by atoms with Gasteiger partial charge in [-0.1, -0.05) is 133 Å². The number of para-hydroxylation sites is 2. The Kier molecular flexibility index (Phi) is 15.7. The molecule has 0 aliphatic heterocycles. The standard InChI is InChI=1S/C26H23N2O2.C13H12N2O2.C13H10O/c29-28(19-21-11-13-23(14-12-21)22-7-3-1-4-8-22)25-15-17-26(18-16-25)30-20-27-24-9-5-2-6-10-24;16-13(14-11-4-2-1-3-5-11)10-6-8-12(15-17)9-7-10;14-10-11-6-8-13(9-7-11)12-4-2-1-3-5-12/h1-19,27,29H,20H2;1-9,15,17H,(H,14,16);1-10H/q+1;;. The van der Waals surface area contributed by atoms with Crippen LogP contribution in [-0.4, -0.2) is 40.3 Å². The van der Waals surface area contributed by atoms with E-state index < -0.39 is 0 Å². The van der Waals surface area contributed by atoms with Crippen molar-refractivity contribution in [2.75, 3.05) is 22.8 Å². The number of amides is 1. The molecule has 8 aromatic carbocycles. The van der Waals surface area contributed by atoms with Gasteiger partial charge in [0.25, 0.3) is 11.6 Å². The van der Waals surface area contributed by atoms with Gasteiger partial charge in [-0.2, -0.15) is 0 Å². The molecule has 0 unspecified atom stereocenters. The average molecular weight is 806 g/mol. The third-order valence-electron chi connectivity index (χ3n) is 9.14. The molecule has 1 amide bonds. The average Bonchev–Trinajstić information content (AvgIpc) is 3.33. The van der Waals surface area contributed by atoms with Crippen molar-refractivity contribution in [2.45, 2.75) is 0 Å². The Morgan fingerprint density at radius 2 is 0.967 bits per heavy atom. The number of nitrogens with one attached hydrogen (secondary N) is 3. The number of rotatable bonds is 12. The fraction of sp³-hybridized carbons (Fsp3) is 0.0192. The lowest BCUT2D eigenvalue weighted by atomic mass is 10.0. The molecule has 0 radical (unpaired) electrons. The monoisotopic (exact) mass is 805 g/mol. The third kappa shape index (κ3) is 13.4. The Morgan fingerprint density at radius 3 is 1.46 bits per heavy atom. The molecular weight excluding hydrogens is 761 g/mol. The fourth-order valence-corrected chi connectivity index (χ4v) is 5.87. The summed E-state index contributed by atoms with van der Waals surface area (Å²) in [5.41, 5.74) is 11.7. The van der Waals surface area contributed by atoms with Crippen LogP contribution in [0.2, 0.25) is 0 Å². The van der Waals surface area contributed by atoms with E-state index in [9.17, 15) is 14.8 Å². The highest BCUT2D eigenvalue weighted by Gasteiger charge is 2.09. The summed E-state index contributed by atoms with van der Waals surface area (Å²) < 4.78 is 6.81. The number of ether oxygens (including phenoxy) is 1. The van der Waals surface area contributed by atoms with Crippen LogP contribution in [-0.2, 0) is 0 Å². The first-order valence-corrected chi connectivity index (χ1v) is 19.4. The number of hydrogen-bond acceptors (Lipinski definition) is 7. The molecule has 8 rings (SSSR count). The van der Waals surface area contributed by atoms with E-state index in [2.05, 4.69) is 34.9 Å². The van der Waals surface area contributed by atoms with Crippen LogP contribution in [0, 0.1) is 0 Å². The van der Waals surface area contributed by atoms with E-state index in [1.54, 1.807) is 30.5 Å². The smallest absolute Gasteiger partial charge is 0.257 e. The number of carbonyl (C=O) groups is 2. The van der Waals surface area contributed by atoms with Gasteiger partial charge in [-0.25, -0.2) is 0 Å². The van der Waals surface area contributed by atoms with Gasteiger partial charge in [0.1, 0.15) is 12.0 Å². The zero-order valence-electron chi connectivity index (χ0n) is 33.2. The van der Waals surface area contributed by atoms with E-state index in [1.165, 1.54) is 11.1 Å². The van der Waals surface area contributed by atoms with Gasteiger partial charge in [-0.05, 0) is 95.1 Å². The minimum Gasteiger partial charge on any atom is -0.473 e. The molecule has 0 atom stereocenters. The highest BCUT2D eigenvalue weighted by molar-refractivity contribution is 6.04. The number of hydrogen-bond donors (Lipinski definition) is 5. The lowest BCUT2D eigenvalue weighted by Crippen LogP contribution is -2.11. The van der Waals surface area contributed by atoms with Crippen molar-refractivity contribution in [2.24, 2.45) is 0 Å². The molecule has 0 aliphatic carbocycles. The molecule has 61 heavy (non-hydrogen) atoms. The van der Waals surface area contributed by atoms with Gasteiger partial charge in [-0.3, -0.25) is 25.5 Å². The molecule has 302 valence electrons. The Bertz CT molecular complexity index is 2550. The first-order valence-electron chi connectivity index (χ1n) is 19.4. The summed E-state index contributed by atoms with van der Waals surface area (Å²) in [4.78, 5) is 22.3. The molecule has 8 aromatic rings. The van der Waals surface area contributed by atoms with Gasteiger partial charge >= 0.3 is 0 Å². The SMILES string of the molecule is O=C(Nc1ccccc1)c1ccc(NO)cc1.O=Cc1ccc(-c2ccccc2)cc1.O[N+](=Cc1ccc(-c2ccccc2)cc1)c1ccc(OCNc2ccccc2)cc1. The molecule has 0 saturated carbocycles. The maximum absolute atomic E-state index is 11.8. The van der Waals surface area contributed by atoms with Gasteiger partial charge in [-0.15, -0.1) is 0 Å². The van der Waals surface area contributed by atoms with Crippen LogP contribution in [0.1, 0.15) is 26.3 Å². The van der Waals surface area contributed by atoms with Crippen molar-refractivity contribution in [1.82, 2.24) is 0 Å². The number of nitrogens with zero attached hydrogens (tertiary/aromatic N) is 1. The van der Waals surface area contributed by atoms with Gasteiger partial charge in [0, 0.05) is 44.9 Å². The van der Waals surface area contributed by atoms with E-state index in [0.717, 1.165) is 44.8 Å². The third-order valence-corrected chi connectivity index (χ3v) is 9.14. The van der Waals surface area contributed by atoms with E-state index in [4.69, 9.17) is 9.94 Å². The quantitative estimate of drug-likeness (QED) is 0.0208. The Labute approximate surface area is 355 Å². The Morgan fingerprint density at radius 1 is 0.508 bits per heavy atom. The van der Waals surface area contributed by atoms with Crippen molar-refractivity contribution in [3.05, 3.63) is 235 Å². The topological polar surface area (TPSA) is 123 Å². The lowest BCUT2D eigenvalue weighted by Gasteiger charge is -2.08. The van der Waals surface area contributed by atoms with Crippen LogP contribution >= 0.6 is 0 Å². The fourth-order valence-electron chi connectivity index (χ4n) is 5.87. The van der Waals surface area contributed by atoms with Gasteiger partial charge in [0.05, 0.1) is 5.69 Å². The van der Waals surface area contributed by atoms with Crippen molar-refractivity contribution in [3.8, 4) is 28.0 Å². The van der Waals surface area contributed by atoms with Crippen LogP contribution in [0.4, 0.5) is 22.7 Å². The molecule has 0 heterocycles. The van der Waals surface area contributed by atoms with Gasteiger partial charge < -0.3 is 15.4 Å². The first-order chi connectivity index (χ1) is 30.0. The number of aldehydes is 1. The maximum Gasteiger partial charge on any atom is 0.257 e. The van der Waals surface area contributed by atoms with E-state index >= 15 is 0 Å². The van der Waals surface area contributed by atoms with Crippen LogP contribution in [0.5, 0.6) is 5.75 Å². The molecule has 0 fully saturated rings. The van der Waals surface area contributed by atoms with Crippen LogP contribution in [0.15, 0.2) is 218 Å². The minimum atomic E-state index is -0.180. The molecule has 0 aliphatic rings. The van der Waals surface area contributed by atoms with E-state index in [1.807, 2.05) is 175 Å². The lowest BCUT2D eigenvalue weighted by molar-refractivity contribution is -0.709. The van der Waals surface area contributed by atoms with Crippen molar-refractivity contribution in [3.63, 3.8) is 0 Å². The summed E-state index contributed by atoms with van der Waals surface area (Å²) in [6, 6.07) is 68.9. The van der Waals surface area contributed by atoms with Gasteiger partial charge in [0.15, 0.2) is 6.73 Å². The number of anilines is 3. The van der Waals surface area contributed by atoms with Gasteiger partial charge in [0.2, 0.25) is 6.21 Å². The molecule has 0 bridgehead atoms. The summed E-state index contributed by atoms with van der Waals surface area (Å²) in [5, 5.41) is 25.0. The Balaban J connectivity index is 0.000000169. The normalized spacial score (nSPS) is 10.4. The van der Waals surface area contributed by atoms with Crippen LogP contribution in [0.25, 0.3) is 22.3 Å². The van der Waals surface area contributed by atoms with Crippen molar-refractivity contribution >= 4 is 41.2 Å². The van der Waals surface area contributed by atoms with Crippen molar-refractivity contribution < 1.29 is 29.5 Å². The predicted octanol–water partition coefficient (Wildman–Crippen LogP) is 11.9. The molecule has 5 N–H and O–H groups in total. The molecule has 9 heteroatoms. The Hall–Kier alpha value is -8.27. The molecule has 0 saturated heterocycles. The zero-order valence-corrected chi connectivity index (χ0v) is 33.2. The zero-order chi connectivity index (χ0) is 42.5. The summed E-state index contributed by atoms with van der Waals surface area (Å²) in [5.74, 6) is 0.545. The molecule has 0 aromatic heterocycles. The maximum atomic E-state index is 11.8. The summed E-state index contributed by atoms with van der Waals surface area (Å²) in [6.45, 7) is 0.367. The van der Waals surface area contributed by atoms with Crippen LogP contribution in [0.3, 0.4) is 0 Å². The number of carbonyl (C=O) groups excluding carboxylic acids is 2. The number of benzene rings is 8. The summed E-state index contributed by atoms with van der Waals surface area (Å²) in [6.07, 6.45) is 2.54. The molecule has 9 nitrogen and oxygen atoms in total. The summed E-state index contributed by atoms with van der Waals surface area (Å²) >= 11 is 0. The predicted molar refractivity (Wildman–Crippen MR) is 244 cm³/mol. The highest BCUT2D eigenvalue weighted by Crippen LogP contribution is 2.21.